The third-order valence-corrected chi connectivity index (χ3v) is 4.79. The van der Waals surface area contributed by atoms with Gasteiger partial charge in [0.2, 0.25) is 15.9 Å². The van der Waals surface area contributed by atoms with Gasteiger partial charge in [0.05, 0.1) is 11.9 Å². The Labute approximate surface area is 145 Å². The van der Waals surface area contributed by atoms with Crippen molar-refractivity contribution in [2.24, 2.45) is 0 Å². The summed E-state index contributed by atoms with van der Waals surface area (Å²) in [6.07, 6.45) is 0.996. The minimum absolute atomic E-state index is 0.246. The van der Waals surface area contributed by atoms with Crippen LogP contribution in [-0.2, 0) is 14.8 Å². The summed E-state index contributed by atoms with van der Waals surface area (Å²) < 4.78 is 38.1. The number of nitrogens with one attached hydrogen (secondary N) is 1. The van der Waals surface area contributed by atoms with Crippen LogP contribution in [0.4, 0.5) is 15.8 Å². The molecule has 0 heterocycles. The molecule has 0 spiro atoms. The lowest BCUT2D eigenvalue weighted by atomic mass is 10.2. The molecule has 2 aromatic rings. The predicted octanol–water partition coefficient (Wildman–Crippen LogP) is 3.19. The normalized spacial score (nSPS) is 11.2. The van der Waals surface area contributed by atoms with E-state index < -0.39 is 28.3 Å². The van der Waals surface area contributed by atoms with Crippen LogP contribution in [-0.4, -0.2) is 27.1 Å². The molecular formula is C16H16ClFN2O3S. The smallest absolute Gasteiger partial charge is 0.245 e. The number of aryl methyl sites for hydroxylation is 1. The molecule has 0 aliphatic carbocycles. The van der Waals surface area contributed by atoms with Crippen molar-refractivity contribution in [1.29, 1.82) is 0 Å². The zero-order valence-electron chi connectivity index (χ0n) is 13.1. The van der Waals surface area contributed by atoms with Crippen molar-refractivity contribution in [2.45, 2.75) is 6.92 Å². The van der Waals surface area contributed by atoms with Gasteiger partial charge in [-0.15, -0.1) is 0 Å². The Kier molecular flexibility index (Phi) is 5.46. The molecule has 0 bridgehead atoms. The number of amides is 1. The molecule has 2 aromatic carbocycles. The number of rotatable bonds is 5. The van der Waals surface area contributed by atoms with Crippen molar-refractivity contribution < 1.29 is 17.6 Å². The molecule has 0 aliphatic rings. The summed E-state index contributed by atoms with van der Waals surface area (Å²) >= 11 is 6.03. The van der Waals surface area contributed by atoms with Gasteiger partial charge < -0.3 is 5.32 Å². The van der Waals surface area contributed by atoms with Gasteiger partial charge in [0, 0.05) is 10.7 Å². The summed E-state index contributed by atoms with van der Waals surface area (Å²) in [4.78, 5) is 12.1. The molecule has 0 unspecified atom stereocenters. The fourth-order valence-corrected chi connectivity index (χ4v) is 3.06. The van der Waals surface area contributed by atoms with E-state index >= 15 is 0 Å². The SMILES string of the molecule is Cc1ccc(N(CC(=O)Nc2cccc(F)c2)S(C)(=O)=O)cc1Cl. The topological polar surface area (TPSA) is 66.5 Å². The first-order chi connectivity index (χ1) is 11.2. The van der Waals surface area contributed by atoms with Gasteiger partial charge in [0.15, 0.2) is 0 Å². The molecule has 0 saturated heterocycles. The zero-order chi connectivity index (χ0) is 17.9. The van der Waals surface area contributed by atoms with Crippen molar-refractivity contribution in [2.75, 3.05) is 22.4 Å². The molecule has 0 atom stereocenters. The Hall–Kier alpha value is -2.12. The molecule has 24 heavy (non-hydrogen) atoms. The van der Waals surface area contributed by atoms with E-state index in [9.17, 15) is 17.6 Å². The summed E-state index contributed by atoms with van der Waals surface area (Å²) in [5.41, 5.74) is 1.32. The number of hydrogen-bond acceptors (Lipinski definition) is 3. The van der Waals surface area contributed by atoms with Crippen LogP contribution in [0.25, 0.3) is 0 Å². The molecule has 128 valence electrons. The maximum Gasteiger partial charge on any atom is 0.245 e. The first kappa shape index (κ1) is 18.2. The summed E-state index contributed by atoms with van der Waals surface area (Å²) in [5.74, 6) is -1.10. The third-order valence-electron chi connectivity index (χ3n) is 3.24. The van der Waals surface area contributed by atoms with Crippen LogP contribution in [0.15, 0.2) is 42.5 Å². The Morgan fingerprint density at radius 3 is 2.54 bits per heavy atom. The van der Waals surface area contributed by atoms with Gasteiger partial charge in [-0.1, -0.05) is 23.7 Å². The van der Waals surface area contributed by atoms with E-state index in [0.717, 1.165) is 22.2 Å². The summed E-state index contributed by atoms with van der Waals surface area (Å²) in [5, 5.41) is 2.86. The lowest BCUT2D eigenvalue weighted by Gasteiger charge is -2.22. The molecule has 5 nitrogen and oxygen atoms in total. The first-order valence-corrected chi connectivity index (χ1v) is 9.19. The van der Waals surface area contributed by atoms with E-state index in [4.69, 9.17) is 11.6 Å². The summed E-state index contributed by atoms with van der Waals surface area (Å²) in [6, 6.07) is 10.1. The predicted molar refractivity (Wildman–Crippen MR) is 93.4 cm³/mol. The molecule has 0 radical (unpaired) electrons. The van der Waals surface area contributed by atoms with E-state index in [1.54, 1.807) is 19.1 Å². The van der Waals surface area contributed by atoms with Crippen LogP contribution < -0.4 is 9.62 Å². The molecular weight excluding hydrogens is 355 g/mol. The Morgan fingerprint density at radius 1 is 1.25 bits per heavy atom. The standard InChI is InChI=1S/C16H16ClFN2O3S/c1-11-6-7-14(9-15(11)17)20(24(2,22)23)10-16(21)19-13-5-3-4-12(18)8-13/h3-9H,10H2,1-2H3,(H,19,21). The van der Waals surface area contributed by atoms with Crippen LogP contribution >= 0.6 is 11.6 Å². The van der Waals surface area contributed by atoms with Gasteiger partial charge >= 0.3 is 0 Å². The average Bonchev–Trinajstić information content (AvgIpc) is 2.47. The lowest BCUT2D eigenvalue weighted by molar-refractivity contribution is -0.114. The molecule has 1 amide bonds. The number of carbonyl (C=O) groups excluding carboxylic acids is 1. The van der Waals surface area contributed by atoms with Gasteiger partial charge in [-0.2, -0.15) is 0 Å². The Morgan fingerprint density at radius 2 is 1.96 bits per heavy atom. The van der Waals surface area contributed by atoms with Gasteiger partial charge in [0.1, 0.15) is 12.4 Å². The number of anilines is 2. The number of halogens is 2. The summed E-state index contributed by atoms with van der Waals surface area (Å²) in [6.45, 7) is 1.34. The van der Waals surface area contributed by atoms with E-state index in [1.807, 2.05) is 0 Å². The average molecular weight is 371 g/mol. The molecule has 0 saturated carbocycles. The minimum atomic E-state index is -3.70. The molecule has 0 aliphatic heterocycles. The van der Waals surface area contributed by atoms with E-state index in [1.165, 1.54) is 24.3 Å². The van der Waals surface area contributed by atoms with E-state index in [-0.39, 0.29) is 11.4 Å². The highest BCUT2D eigenvalue weighted by atomic mass is 35.5. The van der Waals surface area contributed by atoms with Crippen LogP contribution in [0, 0.1) is 12.7 Å². The maximum atomic E-state index is 13.1. The molecule has 0 fully saturated rings. The van der Waals surface area contributed by atoms with Gasteiger partial charge in [0.25, 0.3) is 0 Å². The quantitative estimate of drug-likeness (QED) is 0.878. The van der Waals surface area contributed by atoms with Crippen LogP contribution in [0.2, 0.25) is 5.02 Å². The second-order valence-electron chi connectivity index (χ2n) is 5.26. The van der Waals surface area contributed by atoms with Gasteiger partial charge in [-0.05, 0) is 42.8 Å². The number of benzene rings is 2. The Bertz CT molecular complexity index is 871. The second-order valence-corrected chi connectivity index (χ2v) is 7.58. The lowest BCUT2D eigenvalue weighted by Crippen LogP contribution is -2.37. The van der Waals surface area contributed by atoms with E-state index in [0.29, 0.717) is 5.02 Å². The van der Waals surface area contributed by atoms with E-state index in [2.05, 4.69) is 5.32 Å². The first-order valence-electron chi connectivity index (χ1n) is 6.96. The minimum Gasteiger partial charge on any atom is -0.324 e. The molecule has 1 N–H and O–H groups in total. The maximum absolute atomic E-state index is 13.1. The molecule has 8 heteroatoms. The van der Waals surface area contributed by atoms with Crippen molar-refractivity contribution >= 4 is 38.9 Å². The van der Waals surface area contributed by atoms with Crippen molar-refractivity contribution in [3.8, 4) is 0 Å². The van der Waals surface area contributed by atoms with Crippen molar-refractivity contribution in [3.05, 3.63) is 58.9 Å². The molecule has 0 aromatic heterocycles. The van der Waals surface area contributed by atoms with Crippen LogP contribution in [0.1, 0.15) is 5.56 Å². The monoisotopic (exact) mass is 370 g/mol. The summed E-state index contributed by atoms with van der Waals surface area (Å²) in [7, 11) is -3.70. The molecule has 2 rings (SSSR count). The number of carbonyl (C=O) groups is 1. The highest BCUT2D eigenvalue weighted by molar-refractivity contribution is 7.92. The van der Waals surface area contributed by atoms with Crippen LogP contribution in [0.3, 0.4) is 0 Å². The highest BCUT2D eigenvalue weighted by Crippen LogP contribution is 2.24. The van der Waals surface area contributed by atoms with Crippen molar-refractivity contribution in [1.82, 2.24) is 0 Å². The number of nitrogens with zero attached hydrogens (tertiary/aromatic N) is 1. The number of sulfonamides is 1. The number of hydrogen-bond donors (Lipinski definition) is 1. The van der Waals surface area contributed by atoms with Crippen LogP contribution in [0.5, 0.6) is 0 Å². The zero-order valence-corrected chi connectivity index (χ0v) is 14.7. The van der Waals surface area contributed by atoms with Gasteiger partial charge in [-0.25, -0.2) is 12.8 Å². The van der Waals surface area contributed by atoms with Gasteiger partial charge in [-0.3, -0.25) is 9.10 Å². The Balaban J connectivity index is 2.23. The fraction of sp³-hybridized carbons (Fsp3) is 0.188. The largest absolute Gasteiger partial charge is 0.324 e. The third kappa shape index (κ3) is 4.69. The fourth-order valence-electron chi connectivity index (χ4n) is 2.03. The second kappa shape index (κ2) is 7.19. The van der Waals surface area contributed by atoms with Crippen molar-refractivity contribution in [3.63, 3.8) is 0 Å². The highest BCUT2D eigenvalue weighted by Gasteiger charge is 2.21.